The summed E-state index contributed by atoms with van der Waals surface area (Å²) in [5.74, 6) is 0.827. The van der Waals surface area contributed by atoms with Crippen LogP contribution in [-0.4, -0.2) is 42.2 Å². The summed E-state index contributed by atoms with van der Waals surface area (Å²) in [7, 11) is 0. The lowest BCUT2D eigenvalue weighted by atomic mass is 9.86. The molecule has 1 atom stereocenters. The number of benzene rings is 1. The predicted octanol–water partition coefficient (Wildman–Crippen LogP) is 2.39. The summed E-state index contributed by atoms with van der Waals surface area (Å²) in [6.07, 6.45) is 4.21. The number of hydrogen-bond donors (Lipinski definition) is 1. The number of anilines is 1. The Hall–Kier alpha value is -2.18. The molecule has 1 saturated heterocycles. The Morgan fingerprint density at radius 2 is 2.19 bits per heavy atom. The Kier molecular flexibility index (Phi) is 5.55. The molecule has 2 aliphatic rings. The van der Waals surface area contributed by atoms with Crippen LogP contribution in [0.2, 0.25) is 5.02 Å². The van der Waals surface area contributed by atoms with Crippen molar-refractivity contribution in [1.29, 1.82) is 0 Å². The van der Waals surface area contributed by atoms with Gasteiger partial charge in [-0.3, -0.25) is 4.79 Å². The zero-order valence-electron chi connectivity index (χ0n) is 15.2. The summed E-state index contributed by atoms with van der Waals surface area (Å²) < 4.78 is 5.39. The molecule has 6 nitrogen and oxygen atoms in total. The van der Waals surface area contributed by atoms with Crippen molar-refractivity contribution >= 4 is 23.5 Å². The minimum atomic E-state index is -0.0329. The molecular formula is C20H23ClN4O2. The summed E-state index contributed by atoms with van der Waals surface area (Å²) in [5.41, 5.74) is 3.16. The van der Waals surface area contributed by atoms with E-state index < -0.39 is 0 Å². The largest absolute Gasteiger partial charge is 0.378 e. The number of halogens is 1. The maximum Gasteiger partial charge on any atom is 0.225 e. The third-order valence-electron chi connectivity index (χ3n) is 5.16. The zero-order chi connectivity index (χ0) is 18.6. The van der Waals surface area contributed by atoms with Gasteiger partial charge < -0.3 is 15.0 Å². The van der Waals surface area contributed by atoms with Gasteiger partial charge in [-0.25, -0.2) is 9.97 Å². The van der Waals surface area contributed by atoms with E-state index in [1.807, 2.05) is 30.5 Å². The number of carbonyl (C=O) groups excluding carboxylic acids is 1. The second kappa shape index (κ2) is 8.23. The summed E-state index contributed by atoms with van der Waals surface area (Å²) in [4.78, 5) is 24.0. The molecule has 0 saturated carbocycles. The van der Waals surface area contributed by atoms with Crippen molar-refractivity contribution in [3.63, 3.8) is 0 Å². The molecule has 2 aromatic rings. The summed E-state index contributed by atoms with van der Waals surface area (Å²) >= 11 is 6.00. The number of nitrogens with one attached hydrogen (secondary N) is 1. The maximum absolute atomic E-state index is 12.6. The lowest BCUT2D eigenvalue weighted by Gasteiger charge is -2.28. The lowest BCUT2D eigenvalue weighted by Crippen LogP contribution is -2.38. The Balaban J connectivity index is 1.37. The molecule has 1 N–H and O–H groups in total. The molecule has 1 amide bonds. The average Bonchev–Trinajstić information content (AvgIpc) is 2.72. The predicted molar refractivity (Wildman–Crippen MR) is 104 cm³/mol. The van der Waals surface area contributed by atoms with Crippen LogP contribution < -0.4 is 10.2 Å². The van der Waals surface area contributed by atoms with Crippen molar-refractivity contribution in [1.82, 2.24) is 15.3 Å². The molecular weight excluding hydrogens is 364 g/mol. The fraction of sp³-hybridized carbons (Fsp3) is 0.450. The van der Waals surface area contributed by atoms with Gasteiger partial charge in [0.25, 0.3) is 0 Å². The van der Waals surface area contributed by atoms with E-state index in [1.54, 1.807) is 0 Å². The van der Waals surface area contributed by atoms with Gasteiger partial charge in [0.1, 0.15) is 0 Å². The second-order valence-corrected chi connectivity index (χ2v) is 7.47. The van der Waals surface area contributed by atoms with E-state index in [1.165, 1.54) is 0 Å². The number of hydrogen-bond acceptors (Lipinski definition) is 5. The van der Waals surface area contributed by atoms with Crippen LogP contribution >= 0.6 is 11.6 Å². The number of nitrogens with zero attached hydrogens (tertiary/aromatic N) is 3. The first-order valence-electron chi connectivity index (χ1n) is 9.38. The maximum atomic E-state index is 12.6. The van der Waals surface area contributed by atoms with E-state index >= 15 is 0 Å². The smallest absolute Gasteiger partial charge is 0.225 e. The highest BCUT2D eigenvalue weighted by Gasteiger charge is 2.26. The molecule has 27 heavy (non-hydrogen) atoms. The van der Waals surface area contributed by atoms with E-state index in [2.05, 4.69) is 15.2 Å². The first kappa shape index (κ1) is 18.2. The van der Waals surface area contributed by atoms with Crippen LogP contribution in [0.1, 0.15) is 23.2 Å². The van der Waals surface area contributed by atoms with Crippen molar-refractivity contribution < 1.29 is 9.53 Å². The van der Waals surface area contributed by atoms with Crippen LogP contribution in [0.4, 0.5) is 5.95 Å². The van der Waals surface area contributed by atoms with Crippen molar-refractivity contribution in [2.45, 2.75) is 25.8 Å². The fourth-order valence-corrected chi connectivity index (χ4v) is 3.83. The number of rotatable bonds is 4. The molecule has 1 aliphatic heterocycles. The minimum Gasteiger partial charge on any atom is -0.378 e. The van der Waals surface area contributed by atoms with E-state index in [9.17, 15) is 4.79 Å². The first-order chi connectivity index (χ1) is 13.2. The van der Waals surface area contributed by atoms with Gasteiger partial charge in [0.15, 0.2) is 0 Å². The van der Waals surface area contributed by atoms with Gasteiger partial charge in [-0.15, -0.1) is 0 Å². The highest BCUT2D eigenvalue weighted by Crippen LogP contribution is 2.26. The topological polar surface area (TPSA) is 67.4 Å². The van der Waals surface area contributed by atoms with Gasteiger partial charge in [-0.1, -0.05) is 23.7 Å². The molecule has 7 heteroatoms. The van der Waals surface area contributed by atoms with Crippen LogP contribution in [0, 0.1) is 5.92 Å². The van der Waals surface area contributed by atoms with E-state index in [4.69, 9.17) is 21.3 Å². The Morgan fingerprint density at radius 1 is 1.33 bits per heavy atom. The van der Waals surface area contributed by atoms with Gasteiger partial charge in [-0.05, 0) is 42.5 Å². The van der Waals surface area contributed by atoms with Crippen LogP contribution in [0.25, 0.3) is 0 Å². The number of morpholine rings is 1. The molecule has 0 bridgehead atoms. The van der Waals surface area contributed by atoms with Crippen molar-refractivity contribution in [2.75, 3.05) is 31.2 Å². The van der Waals surface area contributed by atoms with Gasteiger partial charge >= 0.3 is 0 Å². The quantitative estimate of drug-likeness (QED) is 0.873. The number of carbonyl (C=O) groups is 1. The third kappa shape index (κ3) is 4.39. The van der Waals surface area contributed by atoms with Gasteiger partial charge in [-0.2, -0.15) is 0 Å². The molecule has 0 spiro atoms. The molecule has 2 heterocycles. The molecule has 0 radical (unpaired) electrons. The van der Waals surface area contributed by atoms with E-state index in [-0.39, 0.29) is 11.8 Å². The van der Waals surface area contributed by atoms with Gasteiger partial charge in [0.05, 0.1) is 13.2 Å². The molecule has 1 aliphatic carbocycles. The van der Waals surface area contributed by atoms with Gasteiger partial charge in [0.2, 0.25) is 11.9 Å². The van der Waals surface area contributed by atoms with Crippen LogP contribution in [0.5, 0.6) is 0 Å². The van der Waals surface area contributed by atoms with Crippen LogP contribution in [0.15, 0.2) is 30.5 Å². The summed E-state index contributed by atoms with van der Waals surface area (Å²) in [6, 6.07) is 7.56. The Bertz CT molecular complexity index is 823. The first-order valence-corrected chi connectivity index (χ1v) is 9.76. The molecule has 1 aromatic carbocycles. The molecule has 142 valence electrons. The molecule has 4 rings (SSSR count). The highest BCUT2D eigenvalue weighted by molar-refractivity contribution is 6.30. The van der Waals surface area contributed by atoms with E-state index in [0.29, 0.717) is 18.0 Å². The van der Waals surface area contributed by atoms with Crippen molar-refractivity contribution in [3.05, 3.63) is 52.3 Å². The monoisotopic (exact) mass is 386 g/mol. The van der Waals surface area contributed by atoms with Crippen molar-refractivity contribution in [2.24, 2.45) is 5.92 Å². The highest BCUT2D eigenvalue weighted by atomic mass is 35.5. The standard InChI is InChI=1S/C20H23ClN4O2/c21-17-3-1-2-14(10-17)12-22-19(26)15-4-5-18-16(11-15)13-23-20(24-18)25-6-8-27-9-7-25/h1-3,10,13,15H,4-9,11-12H2,(H,22,26)/t15-/m1/s1. The number of fused-ring (bicyclic) bond motifs is 1. The normalized spacial score (nSPS) is 19.4. The number of ether oxygens (including phenoxy) is 1. The van der Waals surface area contributed by atoms with Crippen LogP contribution in [-0.2, 0) is 28.9 Å². The average molecular weight is 387 g/mol. The summed E-state index contributed by atoms with van der Waals surface area (Å²) in [5, 5.41) is 3.71. The molecule has 1 aromatic heterocycles. The SMILES string of the molecule is O=C(NCc1cccc(Cl)c1)[C@@H]1CCc2nc(N3CCOCC3)ncc2C1. The Morgan fingerprint density at radius 3 is 3.00 bits per heavy atom. The fourth-order valence-electron chi connectivity index (χ4n) is 3.62. The zero-order valence-corrected chi connectivity index (χ0v) is 15.9. The van der Waals surface area contributed by atoms with Crippen molar-refractivity contribution in [3.8, 4) is 0 Å². The number of aromatic nitrogens is 2. The minimum absolute atomic E-state index is 0.0329. The Labute approximate surface area is 163 Å². The number of aryl methyl sites for hydroxylation is 1. The summed E-state index contributed by atoms with van der Waals surface area (Å²) in [6.45, 7) is 3.58. The third-order valence-corrected chi connectivity index (χ3v) is 5.39. The lowest BCUT2D eigenvalue weighted by molar-refractivity contribution is -0.125. The number of amides is 1. The second-order valence-electron chi connectivity index (χ2n) is 7.03. The van der Waals surface area contributed by atoms with Crippen LogP contribution in [0.3, 0.4) is 0 Å². The molecule has 0 unspecified atom stereocenters. The molecule has 1 fully saturated rings. The van der Waals surface area contributed by atoms with E-state index in [0.717, 1.165) is 61.9 Å². The van der Waals surface area contributed by atoms with Gasteiger partial charge in [0, 0.05) is 42.5 Å².